The monoisotopic (exact) mass is 291 g/mol. The van der Waals surface area contributed by atoms with Crippen molar-refractivity contribution in [3.63, 3.8) is 0 Å². The molecule has 0 saturated carbocycles. The van der Waals surface area contributed by atoms with Gasteiger partial charge in [0.2, 0.25) is 0 Å². The number of piperidine rings is 1. The fraction of sp³-hybridized carbons (Fsp3) is 0.300. The molecule has 1 saturated heterocycles. The first-order valence-electron chi connectivity index (χ1n) is 8.11. The van der Waals surface area contributed by atoms with Gasteiger partial charge in [-0.25, -0.2) is 0 Å². The molecule has 1 fully saturated rings. The van der Waals surface area contributed by atoms with Crippen molar-refractivity contribution < 1.29 is 5.11 Å². The van der Waals surface area contributed by atoms with Gasteiger partial charge >= 0.3 is 0 Å². The maximum absolute atomic E-state index is 9.71. The predicted octanol–water partition coefficient (Wildman–Crippen LogP) is 3.95. The Labute approximate surface area is 131 Å². The molecule has 1 aliphatic rings. The SMILES string of the molecule is OC1CCN(Cc2c3ccccc3cc3ccccc23)CC1. The van der Waals surface area contributed by atoms with Crippen LogP contribution in [0.2, 0.25) is 0 Å². The Bertz CT molecular complexity index is 749. The van der Waals surface area contributed by atoms with Crippen molar-refractivity contribution in [3.8, 4) is 0 Å². The zero-order valence-electron chi connectivity index (χ0n) is 12.7. The van der Waals surface area contributed by atoms with Crippen molar-refractivity contribution >= 4 is 21.5 Å². The van der Waals surface area contributed by atoms with E-state index < -0.39 is 0 Å². The second-order valence-electron chi connectivity index (χ2n) is 6.30. The highest BCUT2D eigenvalue weighted by Crippen LogP contribution is 2.30. The first-order chi connectivity index (χ1) is 10.8. The average molecular weight is 291 g/mol. The van der Waals surface area contributed by atoms with Crippen LogP contribution in [0.25, 0.3) is 21.5 Å². The number of aliphatic hydroxyl groups is 1. The molecule has 22 heavy (non-hydrogen) atoms. The van der Waals surface area contributed by atoms with Gasteiger partial charge in [0.15, 0.2) is 0 Å². The van der Waals surface area contributed by atoms with Crippen LogP contribution in [0.15, 0.2) is 54.6 Å². The third-order valence-electron chi connectivity index (χ3n) is 4.82. The number of aliphatic hydroxyl groups excluding tert-OH is 1. The van der Waals surface area contributed by atoms with Crippen molar-refractivity contribution in [3.05, 3.63) is 60.2 Å². The molecule has 0 spiro atoms. The van der Waals surface area contributed by atoms with Crippen molar-refractivity contribution in [2.75, 3.05) is 13.1 Å². The molecule has 0 aromatic heterocycles. The highest BCUT2D eigenvalue weighted by Gasteiger charge is 2.18. The van der Waals surface area contributed by atoms with Crippen molar-refractivity contribution in [1.82, 2.24) is 4.90 Å². The standard InChI is InChI=1S/C20H21NO/c22-17-9-11-21(12-10-17)14-20-18-7-3-1-5-15(18)13-16-6-2-4-8-19(16)20/h1-8,13,17,22H,9-12,14H2. The zero-order valence-corrected chi connectivity index (χ0v) is 12.7. The van der Waals surface area contributed by atoms with Crippen molar-refractivity contribution in [2.45, 2.75) is 25.5 Å². The van der Waals surface area contributed by atoms with E-state index >= 15 is 0 Å². The molecule has 2 heteroatoms. The molecule has 1 N–H and O–H groups in total. The topological polar surface area (TPSA) is 23.5 Å². The summed E-state index contributed by atoms with van der Waals surface area (Å²) in [4.78, 5) is 2.47. The molecule has 0 amide bonds. The van der Waals surface area contributed by atoms with Gasteiger partial charge in [-0.2, -0.15) is 0 Å². The van der Waals surface area contributed by atoms with E-state index in [2.05, 4.69) is 59.5 Å². The van der Waals surface area contributed by atoms with Gasteiger partial charge < -0.3 is 5.11 Å². The molecule has 112 valence electrons. The third kappa shape index (κ3) is 2.49. The van der Waals surface area contributed by atoms with Crippen LogP contribution in [0.3, 0.4) is 0 Å². The lowest BCUT2D eigenvalue weighted by Gasteiger charge is -2.30. The minimum Gasteiger partial charge on any atom is -0.393 e. The number of likely N-dealkylation sites (tertiary alicyclic amines) is 1. The molecule has 0 unspecified atom stereocenters. The van der Waals surface area contributed by atoms with E-state index in [1.165, 1.54) is 27.1 Å². The van der Waals surface area contributed by atoms with Gasteiger partial charge in [0.1, 0.15) is 0 Å². The van der Waals surface area contributed by atoms with E-state index in [9.17, 15) is 5.11 Å². The van der Waals surface area contributed by atoms with E-state index in [1.807, 2.05) is 0 Å². The van der Waals surface area contributed by atoms with Crippen LogP contribution in [0.1, 0.15) is 18.4 Å². The van der Waals surface area contributed by atoms with E-state index in [0.717, 1.165) is 32.5 Å². The maximum atomic E-state index is 9.71. The summed E-state index contributed by atoms with van der Waals surface area (Å²) in [5.74, 6) is 0. The molecule has 3 aromatic carbocycles. The van der Waals surface area contributed by atoms with E-state index in [4.69, 9.17) is 0 Å². The first kappa shape index (κ1) is 13.7. The fourth-order valence-corrected chi connectivity index (χ4v) is 3.58. The number of hydrogen-bond acceptors (Lipinski definition) is 2. The molecule has 0 atom stereocenters. The van der Waals surface area contributed by atoms with Crippen LogP contribution in [-0.2, 0) is 6.54 Å². The lowest BCUT2D eigenvalue weighted by molar-refractivity contribution is 0.0796. The number of fused-ring (bicyclic) bond motifs is 2. The number of benzene rings is 3. The molecule has 0 aliphatic carbocycles. The summed E-state index contributed by atoms with van der Waals surface area (Å²) in [6.45, 7) is 2.94. The van der Waals surface area contributed by atoms with E-state index in [0.29, 0.717) is 0 Å². The second-order valence-corrected chi connectivity index (χ2v) is 6.30. The molecular formula is C20H21NO. The highest BCUT2D eigenvalue weighted by atomic mass is 16.3. The zero-order chi connectivity index (χ0) is 14.9. The lowest BCUT2D eigenvalue weighted by Crippen LogP contribution is -2.35. The Hall–Kier alpha value is -1.90. The summed E-state index contributed by atoms with van der Waals surface area (Å²) in [5.41, 5.74) is 1.42. The Morgan fingerprint density at radius 2 is 1.41 bits per heavy atom. The number of nitrogens with zero attached hydrogens (tertiary/aromatic N) is 1. The van der Waals surface area contributed by atoms with Crippen molar-refractivity contribution in [2.24, 2.45) is 0 Å². The summed E-state index contributed by atoms with van der Waals surface area (Å²) >= 11 is 0. The van der Waals surface area contributed by atoms with E-state index in [1.54, 1.807) is 0 Å². The van der Waals surface area contributed by atoms with Gasteiger partial charge in [-0.3, -0.25) is 4.90 Å². The smallest absolute Gasteiger partial charge is 0.0564 e. The Balaban J connectivity index is 1.82. The molecular weight excluding hydrogens is 270 g/mol. The van der Waals surface area contributed by atoms with Crippen LogP contribution in [0.4, 0.5) is 0 Å². The van der Waals surface area contributed by atoms with Crippen molar-refractivity contribution in [1.29, 1.82) is 0 Å². The van der Waals surface area contributed by atoms with Crippen LogP contribution in [0, 0.1) is 0 Å². The summed E-state index contributed by atoms with van der Waals surface area (Å²) in [7, 11) is 0. The van der Waals surface area contributed by atoms with Gasteiger partial charge in [-0.05, 0) is 46.0 Å². The summed E-state index contributed by atoms with van der Waals surface area (Å²) < 4.78 is 0. The minimum atomic E-state index is -0.111. The predicted molar refractivity (Wildman–Crippen MR) is 92.0 cm³/mol. The fourth-order valence-electron chi connectivity index (χ4n) is 3.58. The largest absolute Gasteiger partial charge is 0.393 e. The molecule has 1 aliphatic heterocycles. The lowest BCUT2D eigenvalue weighted by atomic mass is 9.96. The second kappa shape index (κ2) is 5.71. The normalized spacial score (nSPS) is 17.3. The first-order valence-corrected chi connectivity index (χ1v) is 8.11. The molecule has 0 bridgehead atoms. The van der Waals surface area contributed by atoms with Gasteiger partial charge in [-0.15, -0.1) is 0 Å². The number of rotatable bonds is 2. The Morgan fingerprint density at radius 1 is 0.864 bits per heavy atom. The quantitative estimate of drug-likeness (QED) is 0.723. The van der Waals surface area contributed by atoms with Crippen LogP contribution in [0.5, 0.6) is 0 Å². The molecule has 0 radical (unpaired) electrons. The molecule has 4 rings (SSSR count). The van der Waals surface area contributed by atoms with E-state index in [-0.39, 0.29) is 6.10 Å². The summed E-state index contributed by atoms with van der Waals surface area (Å²) in [5, 5.41) is 15.0. The van der Waals surface area contributed by atoms with Gasteiger partial charge in [0, 0.05) is 19.6 Å². The Morgan fingerprint density at radius 3 is 2.00 bits per heavy atom. The molecule has 2 nitrogen and oxygen atoms in total. The average Bonchev–Trinajstić information content (AvgIpc) is 2.56. The number of hydrogen-bond donors (Lipinski definition) is 1. The Kier molecular flexibility index (Phi) is 3.57. The van der Waals surface area contributed by atoms with Crippen LogP contribution < -0.4 is 0 Å². The van der Waals surface area contributed by atoms with Gasteiger partial charge in [0.25, 0.3) is 0 Å². The molecule has 3 aromatic rings. The van der Waals surface area contributed by atoms with Crippen LogP contribution in [-0.4, -0.2) is 29.2 Å². The highest BCUT2D eigenvalue weighted by molar-refractivity contribution is 6.02. The van der Waals surface area contributed by atoms with Gasteiger partial charge in [-0.1, -0.05) is 48.5 Å². The van der Waals surface area contributed by atoms with Crippen LogP contribution >= 0.6 is 0 Å². The molecule has 1 heterocycles. The summed E-state index contributed by atoms with van der Waals surface area (Å²) in [6, 6.07) is 19.6. The third-order valence-corrected chi connectivity index (χ3v) is 4.82. The summed E-state index contributed by atoms with van der Waals surface area (Å²) in [6.07, 6.45) is 1.67. The maximum Gasteiger partial charge on any atom is 0.0564 e. The minimum absolute atomic E-state index is 0.111. The van der Waals surface area contributed by atoms with Gasteiger partial charge in [0.05, 0.1) is 6.10 Å².